The third kappa shape index (κ3) is 2.49. The molecule has 112 valence electrons. The molecule has 0 aromatic rings. The van der Waals surface area contributed by atoms with Crippen LogP contribution in [0.1, 0.15) is 32.6 Å². The molecule has 0 radical (unpaired) electrons. The molecule has 4 amide bonds. The van der Waals surface area contributed by atoms with Gasteiger partial charge in [0.25, 0.3) is 5.91 Å². The molecule has 0 aromatic carbocycles. The third-order valence-electron chi connectivity index (χ3n) is 4.09. The number of urea groups is 1. The molecule has 1 aliphatic carbocycles. The fraction of sp³-hybridized carbons (Fsp3) is 0.769. The first kappa shape index (κ1) is 14.8. The lowest BCUT2D eigenvalue weighted by Gasteiger charge is -2.23. The van der Waals surface area contributed by atoms with E-state index in [9.17, 15) is 14.4 Å². The van der Waals surface area contributed by atoms with E-state index in [0.29, 0.717) is 25.9 Å². The van der Waals surface area contributed by atoms with Crippen LogP contribution in [0.4, 0.5) is 4.79 Å². The summed E-state index contributed by atoms with van der Waals surface area (Å²) in [6, 6.07) is -1.23. The zero-order chi connectivity index (χ0) is 14.8. The van der Waals surface area contributed by atoms with Crippen molar-refractivity contribution in [1.82, 2.24) is 20.9 Å². The van der Waals surface area contributed by atoms with Crippen molar-refractivity contribution >= 4 is 17.8 Å². The van der Waals surface area contributed by atoms with Crippen molar-refractivity contribution in [3.05, 3.63) is 0 Å². The molecule has 1 saturated heterocycles. The second-order valence-electron chi connectivity index (χ2n) is 5.47. The van der Waals surface area contributed by atoms with Gasteiger partial charge in [-0.15, -0.1) is 0 Å². The number of carbonyl (C=O) groups excluding carboxylic acids is 3. The third-order valence-corrected chi connectivity index (χ3v) is 4.09. The quantitative estimate of drug-likeness (QED) is 0.472. The molecule has 0 bridgehead atoms. The summed E-state index contributed by atoms with van der Waals surface area (Å²) in [6.07, 6.45) is 3.20. The van der Waals surface area contributed by atoms with Crippen molar-refractivity contribution in [2.45, 2.75) is 44.2 Å². The number of likely N-dealkylation sites (N-methyl/N-ethyl adjacent to an activating group) is 1. The van der Waals surface area contributed by atoms with Crippen LogP contribution in [0, 0.1) is 0 Å². The summed E-state index contributed by atoms with van der Waals surface area (Å²) in [5, 5.41) is 8.40. The number of hydrogen-bond donors (Lipinski definition) is 3. The van der Waals surface area contributed by atoms with E-state index in [2.05, 4.69) is 16.0 Å². The Morgan fingerprint density at radius 2 is 2.00 bits per heavy atom. The van der Waals surface area contributed by atoms with Crippen molar-refractivity contribution in [1.29, 1.82) is 0 Å². The minimum atomic E-state index is -0.778. The van der Waals surface area contributed by atoms with Gasteiger partial charge >= 0.3 is 6.03 Å². The van der Waals surface area contributed by atoms with Crippen molar-refractivity contribution in [2.24, 2.45) is 0 Å². The van der Waals surface area contributed by atoms with E-state index in [1.54, 1.807) is 14.0 Å². The van der Waals surface area contributed by atoms with E-state index < -0.39 is 17.6 Å². The number of hydrogen-bond acceptors (Lipinski definition) is 4. The molecular weight excluding hydrogens is 260 g/mol. The van der Waals surface area contributed by atoms with Crippen LogP contribution < -0.4 is 16.0 Å². The van der Waals surface area contributed by atoms with Gasteiger partial charge in [0.1, 0.15) is 11.6 Å². The number of amides is 4. The topological polar surface area (TPSA) is 90.5 Å². The number of imide groups is 1. The Labute approximate surface area is 118 Å². The maximum Gasteiger partial charge on any atom is 0.325 e. The van der Waals surface area contributed by atoms with Gasteiger partial charge in [0, 0.05) is 13.1 Å². The highest BCUT2D eigenvalue weighted by molar-refractivity contribution is 6.09. The van der Waals surface area contributed by atoms with E-state index in [4.69, 9.17) is 0 Å². The summed E-state index contributed by atoms with van der Waals surface area (Å²) >= 11 is 0. The monoisotopic (exact) mass is 282 g/mol. The highest BCUT2D eigenvalue weighted by atomic mass is 16.2. The number of nitrogens with zero attached hydrogens (tertiary/aromatic N) is 1. The molecule has 1 heterocycles. The lowest BCUT2D eigenvalue weighted by Crippen LogP contribution is -2.50. The van der Waals surface area contributed by atoms with E-state index in [1.807, 2.05) is 0 Å². The van der Waals surface area contributed by atoms with Crippen LogP contribution in [0.3, 0.4) is 0 Å². The van der Waals surface area contributed by atoms with Gasteiger partial charge in [0.05, 0.1) is 0 Å². The molecule has 2 fully saturated rings. The highest BCUT2D eigenvalue weighted by Gasteiger charge is 2.54. The Morgan fingerprint density at radius 1 is 1.35 bits per heavy atom. The van der Waals surface area contributed by atoms with Gasteiger partial charge in [-0.25, -0.2) is 9.69 Å². The van der Waals surface area contributed by atoms with Crippen LogP contribution in [0.5, 0.6) is 0 Å². The van der Waals surface area contributed by atoms with Crippen LogP contribution in [0.25, 0.3) is 0 Å². The first-order chi connectivity index (χ1) is 9.52. The molecular formula is C13H22N4O3. The average Bonchev–Trinajstić information content (AvgIpc) is 2.96. The normalized spacial score (nSPS) is 22.2. The molecule has 1 unspecified atom stereocenters. The molecule has 20 heavy (non-hydrogen) atoms. The fourth-order valence-corrected chi connectivity index (χ4v) is 2.89. The smallest absolute Gasteiger partial charge is 0.325 e. The van der Waals surface area contributed by atoms with Gasteiger partial charge in [0.15, 0.2) is 0 Å². The maximum absolute atomic E-state index is 12.5. The number of rotatable bonds is 5. The lowest BCUT2D eigenvalue weighted by atomic mass is 9.97. The fourth-order valence-electron chi connectivity index (χ4n) is 2.89. The lowest BCUT2D eigenvalue weighted by molar-refractivity contribution is -0.137. The first-order valence-electron chi connectivity index (χ1n) is 7.10. The maximum atomic E-state index is 12.5. The molecule has 3 N–H and O–H groups in total. The number of carbonyl (C=O) groups is 3. The van der Waals surface area contributed by atoms with Crippen LogP contribution >= 0.6 is 0 Å². The zero-order valence-electron chi connectivity index (χ0n) is 12.0. The Hall–Kier alpha value is -1.63. The minimum Gasteiger partial charge on any atom is -0.353 e. The van der Waals surface area contributed by atoms with Crippen molar-refractivity contribution < 1.29 is 14.4 Å². The predicted molar refractivity (Wildman–Crippen MR) is 73.0 cm³/mol. The molecule has 0 aromatic heterocycles. The summed E-state index contributed by atoms with van der Waals surface area (Å²) in [5.41, 5.74) is -0.753. The molecule has 1 atom stereocenters. The second kappa shape index (κ2) is 5.78. The second-order valence-corrected chi connectivity index (χ2v) is 5.47. The van der Waals surface area contributed by atoms with Gasteiger partial charge in [-0.3, -0.25) is 9.59 Å². The molecule has 1 aliphatic heterocycles. The van der Waals surface area contributed by atoms with Gasteiger partial charge < -0.3 is 16.0 Å². The average molecular weight is 282 g/mol. The Kier molecular flexibility index (Phi) is 4.27. The van der Waals surface area contributed by atoms with Crippen molar-refractivity contribution in [2.75, 3.05) is 20.1 Å². The van der Waals surface area contributed by atoms with Crippen LogP contribution in [0.15, 0.2) is 0 Å². The molecule has 7 heteroatoms. The summed E-state index contributed by atoms with van der Waals surface area (Å²) in [4.78, 5) is 37.5. The van der Waals surface area contributed by atoms with E-state index in [1.165, 1.54) is 0 Å². The zero-order valence-corrected chi connectivity index (χ0v) is 12.0. The van der Waals surface area contributed by atoms with Crippen molar-refractivity contribution in [3.8, 4) is 0 Å². The summed E-state index contributed by atoms with van der Waals surface area (Å²) in [7, 11) is 1.79. The Bertz CT molecular complexity index is 418. The molecule has 2 rings (SSSR count). The van der Waals surface area contributed by atoms with E-state index in [-0.39, 0.29) is 11.8 Å². The van der Waals surface area contributed by atoms with Gasteiger partial charge in [-0.05, 0) is 26.8 Å². The van der Waals surface area contributed by atoms with E-state index >= 15 is 0 Å². The Morgan fingerprint density at radius 3 is 2.60 bits per heavy atom. The Balaban J connectivity index is 2.02. The van der Waals surface area contributed by atoms with Gasteiger partial charge in [-0.1, -0.05) is 12.8 Å². The summed E-state index contributed by atoms with van der Waals surface area (Å²) < 4.78 is 0. The van der Waals surface area contributed by atoms with Crippen LogP contribution in [-0.2, 0) is 9.59 Å². The summed E-state index contributed by atoms with van der Waals surface area (Å²) in [6.45, 7) is 2.69. The predicted octanol–water partition coefficient (Wildman–Crippen LogP) is -0.425. The molecule has 7 nitrogen and oxygen atoms in total. The largest absolute Gasteiger partial charge is 0.353 e. The van der Waals surface area contributed by atoms with E-state index in [0.717, 1.165) is 17.7 Å². The van der Waals surface area contributed by atoms with Gasteiger partial charge in [-0.2, -0.15) is 0 Å². The minimum absolute atomic E-state index is 0.253. The first-order valence-corrected chi connectivity index (χ1v) is 7.10. The number of nitrogens with one attached hydrogen (secondary N) is 3. The molecule has 2 aliphatic rings. The molecule has 1 saturated carbocycles. The standard InChI is InChI=1S/C13H22N4O3/c1-9(10(18)15-8-7-14-2)17-11(19)13(16-12(17)20)5-3-4-6-13/h9,14H,3-8H2,1-2H3,(H,15,18)(H,16,20). The van der Waals surface area contributed by atoms with Crippen molar-refractivity contribution in [3.63, 3.8) is 0 Å². The SMILES string of the molecule is CNCCNC(=O)C(C)N1C(=O)NC2(CCCC2)C1=O. The summed E-state index contributed by atoms with van der Waals surface area (Å²) in [5.74, 6) is -0.560. The van der Waals surface area contributed by atoms with Crippen LogP contribution in [-0.4, -0.2) is 54.5 Å². The molecule has 1 spiro atoms. The highest BCUT2D eigenvalue weighted by Crippen LogP contribution is 2.35. The van der Waals surface area contributed by atoms with Gasteiger partial charge in [0.2, 0.25) is 5.91 Å². The van der Waals surface area contributed by atoms with Crippen LogP contribution in [0.2, 0.25) is 0 Å².